The summed E-state index contributed by atoms with van der Waals surface area (Å²) in [5, 5.41) is 3.91. The average Bonchev–Trinajstić information content (AvgIpc) is 2.94. The van der Waals surface area contributed by atoms with E-state index in [9.17, 15) is 4.39 Å². The number of nitrogens with one attached hydrogen (secondary N) is 1. The topological polar surface area (TPSA) is 38.1 Å². The molecule has 0 fully saturated rings. The second-order valence-corrected chi connectivity index (χ2v) is 4.59. The molecule has 2 aromatic heterocycles. The minimum Gasteiger partial charge on any atom is -0.467 e. The van der Waals surface area contributed by atoms with Crippen molar-refractivity contribution in [3.63, 3.8) is 0 Å². The van der Waals surface area contributed by atoms with E-state index in [2.05, 4.69) is 10.3 Å². The Bertz CT molecular complexity index is 633. The molecular weight excluding hydrogens is 239 g/mol. The van der Waals surface area contributed by atoms with Gasteiger partial charge in [-0.3, -0.25) is 0 Å². The molecule has 0 saturated heterocycles. The van der Waals surface area contributed by atoms with Crippen LogP contribution in [0.3, 0.4) is 0 Å². The van der Waals surface area contributed by atoms with Crippen molar-refractivity contribution >= 4 is 26.7 Å². The first-order valence-electron chi connectivity index (χ1n) is 5.13. The molecule has 0 unspecified atom stereocenters. The smallest absolute Gasteiger partial charge is 0.184 e. The van der Waals surface area contributed by atoms with Gasteiger partial charge in [-0.05, 0) is 24.3 Å². The molecule has 0 aliphatic heterocycles. The predicted molar refractivity (Wildman–Crippen MR) is 65.6 cm³/mol. The first-order valence-corrected chi connectivity index (χ1v) is 5.95. The lowest BCUT2D eigenvalue weighted by Crippen LogP contribution is -1.96. The van der Waals surface area contributed by atoms with Gasteiger partial charge in [-0.25, -0.2) is 9.37 Å². The van der Waals surface area contributed by atoms with Gasteiger partial charge in [0.2, 0.25) is 0 Å². The molecular formula is C12H9FN2OS. The Hall–Kier alpha value is -1.88. The molecule has 0 aliphatic carbocycles. The average molecular weight is 248 g/mol. The van der Waals surface area contributed by atoms with Crippen molar-refractivity contribution in [3.8, 4) is 0 Å². The number of rotatable bonds is 3. The predicted octanol–water partition coefficient (Wildman–Crippen LogP) is 3.64. The first kappa shape index (κ1) is 10.3. The summed E-state index contributed by atoms with van der Waals surface area (Å²) in [6.45, 7) is 0.579. The van der Waals surface area contributed by atoms with Gasteiger partial charge < -0.3 is 9.73 Å². The van der Waals surface area contributed by atoms with E-state index in [1.54, 1.807) is 12.3 Å². The SMILES string of the molecule is Fc1ccc2sc(NCc3ccco3)nc2c1. The van der Waals surface area contributed by atoms with Gasteiger partial charge in [-0.1, -0.05) is 11.3 Å². The highest BCUT2D eigenvalue weighted by atomic mass is 32.1. The van der Waals surface area contributed by atoms with E-state index in [0.717, 1.165) is 15.6 Å². The summed E-state index contributed by atoms with van der Waals surface area (Å²) < 4.78 is 19.2. The number of hydrogen-bond donors (Lipinski definition) is 1. The van der Waals surface area contributed by atoms with Crippen molar-refractivity contribution in [2.24, 2.45) is 0 Å². The number of halogens is 1. The summed E-state index contributed by atoms with van der Waals surface area (Å²) in [5.74, 6) is 0.579. The van der Waals surface area contributed by atoms with E-state index < -0.39 is 0 Å². The molecule has 3 rings (SSSR count). The molecule has 5 heteroatoms. The van der Waals surface area contributed by atoms with E-state index in [-0.39, 0.29) is 5.82 Å². The highest BCUT2D eigenvalue weighted by Gasteiger charge is 2.05. The van der Waals surface area contributed by atoms with Crippen molar-refractivity contribution in [2.45, 2.75) is 6.54 Å². The zero-order valence-electron chi connectivity index (χ0n) is 8.81. The Morgan fingerprint density at radius 3 is 3.12 bits per heavy atom. The van der Waals surface area contributed by atoms with Crippen LogP contribution in [0, 0.1) is 5.82 Å². The molecule has 0 radical (unpaired) electrons. The Balaban J connectivity index is 1.81. The third kappa shape index (κ3) is 2.14. The van der Waals surface area contributed by atoms with Crippen molar-refractivity contribution in [3.05, 3.63) is 48.2 Å². The number of fused-ring (bicyclic) bond motifs is 1. The highest BCUT2D eigenvalue weighted by molar-refractivity contribution is 7.22. The Kier molecular flexibility index (Phi) is 2.53. The largest absolute Gasteiger partial charge is 0.467 e. The van der Waals surface area contributed by atoms with E-state index in [4.69, 9.17) is 4.42 Å². The number of anilines is 1. The second kappa shape index (κ2) is 4.18. The van der Waals surface area contributed by atoms with Crippen molar-refractivity contribution < 1.29 is 8.81 Å². The molecule has 17 heavy (non-hydrogen) atoms. The normalized spacial score (nSPS) is 10.9. The maximum atomic E-state index is 13.0. The van der Waals surface area contributed by atoms with Gasteiger partial charge in [-0.2, -0.15) is 0 Å². The van der Waals surface area contributed by atoms with Crippen LogP contribution in [0.15, 0.2) is 41.0 Å². The number of hydrogen-bond acceptors (Lipinski definition) is 4. The fourth-order valence-corrected chi connectivity index (χ4v) is 2.39. The van der Waals surface area contributed by atoms with E-state index >= 15 is 0 Å². The molecule has 0 atom stereocenters. The van der Waals surface area contributed by atoms with Gasteiger partial charge in [0, 0.05) is 6.07 Å². The molecule has 1 N–H and O–H groups in total. The van der Waals surface area contributed by atoms with Crippen LogP contribution in [-0.4, -0.2) is 4.98 Å². The van der Waals surface area contributed by atoms with E-state index in [0.29, 0.717) is 12.1 Å². The van der Waals surface area contributed by atoms with Gasteiger partial charge in [0.15, 0.2) is 5.13 Å². The van der Waals surface area contributed by atoms with Crippen molar-refractivity contribution in [2.75, 3.05) is 5.32 Å². The molecule has 2 heterocycles. The summed E-state index contributed by atoms with van der Waals surface area (Å²) in [4.78, 5) is 4.30. The minimum absolute atomic E-state index is 0.264. The minimum atomic E-state index is -0.264. The van der Waals surface area contributed by atoms with Gasteiger partial charge in [0.25, 0.3) is 0 Å². The molecule has 0 bridgehead atoms. The van der Waals surface area contributed by atoms with E-state index in [1.165, 1.54) is 23.5 Å². The zero-order valence-corrected chi connectivity index (χ0v) is 9.63. The summed E-state index contributed by atoms with van der Waals surface area (Å²) in [5.41, 5.74) is 0.678. The number of aromatic nitrogens is 1. The van der Waals surface area contributed by atoms with Crippen LogP contribution < -0.4 is 5.32 Å². The fourth-order valence-electron chi connectivity index (χ4n) is 1.55. The number of thiazole rings is 1. The zero-order chi connectivity index (χ0) is 11.7. The van der Waals surface area contributed by atoms with Crippen molar-refractivity contribution in [1.29, 1.82) is 0 Å². The molecule has 0 spiro atoms. The lowest BCUT2D eigenvalue weighted by Gasteiger charge is -1.97. The Labute approximate surface area is 101 Å². The lowest BCUT2D eigenvalue weighted by atomic mass is 10.3. The summed E-state index contributed by atoms with van der Waals surface area (Å²) in [7, 11) is 0. The van der Waals surface area contributed by atoms with Crippen LogP contribution in [0.25, 0.3) is 10.2 Å². The van der Waals surface area contributed by atoms with Gasteiger partial charge in [0.05, 0.1) is 23.0 Å². The standard InChI is InChI=1S/C12H9FN2OS/c13-8-3-4-11-10(6-8)15-12(17-11)14-7-9-2-1-5-16-9/h1-6H,7H2,(H,14,15). The van der Waals surface area contributed by atoms with Crippen LogP contribution in [0.4, 0.5) is 9.52 Å². The quantitative estimate of drug-likeness (QED) is 0.769. The third-order valence-electron chi connectivity index (χ3n) is 2.34. The maximum absolute atomic E-state index is 13.0. The summed E-state index contributed by atoms with van der Waals surface area (Å²) >= 11 is 1.50. The lowest BCUT2D eigenvalue weighted by molar-refractivity contribution is 0.518. The van der Waals surface area contributed by atoms with Crippen LogP contribution in [0.2, 0.25) is 0 Å². The van der Waals surface area contributed by atoms with Crippen LogP contribution in [0.1, 0.15) is 5.76 Å². The molecule has 3 aromatic rings. The first-order chi connectivity index (χ1) is 8.31. The van der Waals surface area contributed by atoms with Crippen molar-refractivity contribution in [1.82, 2.24) is 4.98 Å². The highest BCUT2D eigenvalue weighted by Crippen LogP contribution is 2.26. The Morgan fingerprint density at radius 1 is 1.35 bits per heavy atom. The molecule has 0 saturated carbocycles. The fraction of sp³-hybridized carbons (Fsp3) is 0.0833. The van der Waals surface area contributed by atoms with Crippen LogP contribution >= 0.6 is 11.3 Å². The number of nitrogens with zero attached hydrogens (tertiary/aromatic N) is 1. The Morgan fingerprint density at radius 2 is 2.29 bits per heavy atom. The van der Waals surface area contributed by atoms with Gasteiger partial charge in [-0.15, -0.1) is 0 Å². The molecule has 0 aliphatic rings. The second-order valence-electron chi connectivity index (χ2n) is 3.56. The maximum Gasteiger partial charge on any atom is 0.184 e. The number of furan rings is 1. The monoisotopic (exact) mass is 248 g/mol. The van der Waals surface area contributed by atoms with Gasteiger partial charge >= 0.3 is 0 Å². The molecule has 3 nitrogen and oxygen atoms in total. The van der Waals surface area contributed by atoms with Crippen LogP contribution in [-0.2, 0) is 6.54 Å². The summed E-state index contributed by atoms with van der Waals surface area (Å²) in [6, 6.07) is 8.34. The van der Waals surface area contributed by atoms with Crippen LogP contribution in [0.5, 0.6) is 0 Å². The number of benzene rings is 1. The van der Waals surface area contributed by atoms with Gasteiger partial charge in [0.1, 0.15) is 11.6 Å². The summed E-state index contributed by atoms with van der Waals surface area (Å²) in [6.07, 6.45) is 1.63. The molecule has 0 amide bonds. The van der Waals surface area contributed by atoms with E-state index in [1.807, 2.05) is 12.1 Å². The molecule has 1 aromatic carbocycles. The molecule has 86 valence electrons. The third-order valence-corrected chi connectivity index (χ3v) is 3.34.